The van der Waals surface area contributed by atoms with Gasteiger partial charge in [-0.2, -0.15) is 0 Å². The number of ether oxygens (including phenoxy) is 1. The Morgan fingerprint density at radius 2 is 2.33 bits per heavy atom. The first-order valence-corrected chi connectivity index (χ1v) is 5.67. The number of hydrogen-bond acceptors (Lipinski definition) is 2. The lowest BCUT2D eigenvalue weighted by Crippen LogP contribution is -2.13. The minimum Gasteiger partial charge on any atom is -0.393 e. The van der Waals surface area contributed by atoms with Gasteiger partial charge in [-0.15, -0.1) is 6.58 Å². The molecule has 1 N–H and O–H groups in total. The molecule has 0 heterocycles. The fraction of sp³-hybridized carbons (Fsp3) is 0.778. The summed E-state index contributed by atoms with van der Waals surface area (Å²) in [6.07, 6.45) is 3.12. The third kappa shape index (κ3) is 7.06. The van der Waals surface area contributed by atoms with Crippen LogP contribution in [0.5, 0.6) is 0 Å². The molecular formula is C9H17IO2. The first kappa shape index (κ1) is 12.4. The summed E-state index contributed by atoms with van der Waals surface area (Å²) in [5, 5.41) is 9.45. The molecule has 0 aliphatic heterocycles. The van der Waals surface area contributed by atoms with Gasteiger partial charge in [-0.3, -0.25) is 0 Å². The van der Waals surface area contributed by atoms with Gasteiger partial charge in [0.15, 0.2) is 0 Å². The zero-order valence-corrected chi connectivity index (χ0v) is 9.66. The van der Waals surface area contributed by atoms with Gasteiger partial charge in [-0.05, 0) is 18.8 Å². The molecule has 0 saturated heterocycles. The van der Waals surface area contributed by atoms with Gasteiger partial charge in [0.05, 0.1) is 17.3 Å². The van der Waals surface area contributed by atoms with E-state index >= 15 is 0 Å². The molecule has 0 rings (SSSR count). The van der Waals surface area contributed by atoms with E-state index in [0.29, 0.717) is 17.1 Å². The molecule has 0 aromatic heterocycles. The van der Waals surface area contributed by atoms with Crippen LogP contribution in [0.2, 0.25) is 0 Å². The topological polar surface area (TPSA) is 29.5 Å². The van der Waals surface area contributed by atoms with Crippen LogP contribution >= 0.6 is 22.6 Å². The molecule has 0 unspecified atom stereocenters. The standard InChI is InChI=1S/C9H17IO2/c1-3-8(2)6-9(11)4-5-12-7-10/h3,8-9,11H,1,4-7H2,2H3/t8-,9+/m0/s1. The van der Waals surface area contributed by atoms with Crippen molar-refractivity contribution in [3.05, 3.63) is 12.7 Å². The van der Waals surface area contributed by atoms with E-state index in [9.17, 15) is 5.11 Å². The van der Waals surface area contributed by atoms with E-state index in [-0.39, 0.29) is 6.10 Å². The molecule has 0 aliphatic carbocycles. The summed E-state index contributed by atoms with van der Waals surface area (Å²) >= 11 is 2.15. The van der Waals surface area contributed by atoms with Crippen LogP contribution in [0.4, 0.5) is 0 Å². The monoisotopic (exact) mass is 284 g/mol. The van der Waals surface area contributed by atoms with Gasteiger partial charge >= 0.3 is 0 Å². The number of halogens is 1. The average molecular weight is 284 g/mol. The lowest BCUT2D eigenvalue weighted by molar-refractivity contribution is 0.0952. The first-order chi connectivity index (χ1) is 5.70. The second-order valence-electron chi connectivity index (χ2n) is 2.91. The summed E-state index contributed by atoms with van der Waals surface area (Å²) in [6, 6.07) is 0. The Morgan fingerprint density at radius 3 is 2.83 bits per heavy atom. The number of aliphatic hydroxyl groups excluding tert-OH is 1. The Bertz CT molecular complexity index is 117. The molecule has 0 aromatic carbocycles. The third-order valence-corrected chi connectivity index (χ3v) is 2.16. The van der Waals surface area contributed by atoms with Gasteiger partial charge in [0.1, 0.15) is 0 Å². The fourth-order valence-electron chi connectivity index (χ4n) is 0.917. The van der Waals surface area contributed by atoms with Crippen LogP contribution in [-0.2, 0) is 4.74 Å². The number of alkyl halides is 1. The van der Waals surface area contributed by atoms with Crippen molar-refractivity contribution in [2.75, 3.05) is 11.2 Å². The summed E-state index contributed by atoms with van der Waals surface area (Å²) in [6.45, 7) is 6.36. The van der Waals surface area contributed by atoms with E-state index in [1.54, 1.807) is 0 Å². The smallest absolute Gasteiger partial charge is 0.0979 e. The van der Waals surface area contributed by atoms with Crippen LogP contribution in [0.3, 0.4) is 0 Å². The third-order valence-electron chi connectivity index (χ3n) is 1.72. The van der Waals surface area contributed by atoms with Crippen molar-refractivity contribution in [3.63, 3.8) is 0 Å². The lowest BCUT2D eigenvalue weighted by atomic mass is 10.0. The molecule has 2 nitrogen and oxygen atoms in total. The summed E-state index contributed by atoms with van der Waals surface area (Å²) in [5.74, 6) is 0.389. The molecule has 0 radical (unpaired) electrons. The van der Waals surface area contributed by atoms with Crippen molar-refractivity contribution in [1.29, 1.82) is 0 Å². The van der Waals surface area contributed by atoms with Gasteiger partial charge in [-0.25, -0.2) is 0 Å². The highest BCUT2D eigenvalue weighted by Crippen LogP contribution is 2.09. The predicted molar refractivity (Wildman–Crippen MR) is 59.4 cm³/mol. The summed E-state index contributed by atoms with van der Waals surface area (Å²) < 4.78 is 5.82. The zero-order valence-electron chi connectivity index (χ0n) is 7.50. The lowest BCUT2D eigenvalue weighted by Gasteiger charge is -2.12. The minimum atomic E-state index is -0.249. The van der Waals surface area contributed by atoms with E-state index in [2.05, 4.69) is 36.1 Å². The second-order valence-corrected chi connectivity index (χ2v) is 3.53. The van der Waals surface area contributed by atoms with Crippen LogP contribution in [-0.4, -0.2) is 22.4 Å². The molecule has 72 valence electrons. The summed E-state index contributed by atoms with van der Waals surface area (Å²) in [5.41, 5.74) is 0. The van der Waals surface area contributed by atoms with E-state index < -0.39 is 0 Å². The predicted octanol–water partition coefficient (Wildman–Crippen LogP) is 2.36. The molecular weight excluding hydrogens is 267 g/mol. The highest BCUT2D eigenvalue weighted by molar-refractivity contribution is 14.1. The Labute approximate surface area is 88.1 Å². The van der Waals surface area contributed by atoms with Crippen LogP contribution in [0.15, 0.2) is 12.7 Å². The van der Waals surface area contributed by atoms with Crippen molar-refractivity contribution < 1.29 is 9.84 Å². The van der Waals surface area contributed by atoms with Crippen LogP contribution in [0, 0.1) is 5.92 Å². The largest absolute Gasteiger partial charge is 0.393 e. The molecule has 0 aliphatic rings. The molecule has 0 fully saturated rings. The van der Waals surface area contributed by atoms with E-state index in [0.717, 1.165) is 12.8 Å². The van der Waals surface area contributed by atoms with E-state index in [1.807, 2.05) is 6.08 Å². The molecule has 3 heteroatoms. The molecule has 0 amide bonds. The molecule has 0 spiro atoms. The first-order valence-electron chi connectivity index (χ1n) is 4.15. The van der Waals surface area contributed by atoms with Crippen molar-refractivity contribution in [1.82, 2.24) is 0 Å². The second kappa shape index (κ2) is 8.01. The van der Waals surface area contributed by atoms with Gasteiger partial charge in [-0.1, -0.05) is 35.6 Å². The Balaban J connectivity index is 3.32. The van der Waals surface area contributed by atoms with Crippen LogP contribution in [0.25, 0.3) is 0 Å². The minimum absolute atomic E-state index is 0.249. The number of aliphatic hydroxyl groups is 1. The number of rotatable bonds is 7. The maximum atomic E-state index is 9.45. The molecule has 2 atom stereocenters. The maximum absolute atomic E-state index is 9.45. The van der Waals surface area contributed by atoms with Gasteiger partial charge in [0.25, 0.3) is 0 Å². The molecule has 12 heavy (non-hydrogen) atoms. The normalized spacial score (nSPS) is 15.6. The van der Waals surface area contributed by atoms with Crippen LogP contribution < -0.4 is 0 Å². The number of hydrogen-bond donors (Lipinski definition) is 1. The molecule has 0 saturated carbocycles. The van der Waals surface area contributed by atoms with Crippen LogP contribution in [0.1, 0.15) is 19.8 Å². The maximum Gasteiger partial charge on any atom is 0.0979 e. The average Bonchev–Trinajstić information content (AvgIpc) is 2.05. The van der Waals surface area contributed by atoms with E-state index in [1.165, 1.54) is 0 Å². The SMILES string of the molecule is C=C[C@H](C)C[C@H](O)CCOCI. The zero-order chi connectivity index (χ0) is 9.40. The Morgan fingerprint density at radius 1 is 1.67 bits per heavy atom. The summed E-state index contributed by atoms with van der Waals surface area (Å²) in [4.78, 5) is 0. The number of allylic oxidation sites excluding steroid dienone is 1. The highest BCUT2D eigenvalue weighted by atomic mass is 127. The Hall–Kier alpha value is 0.390. The van der Waals surface area contributed by atoms with Crippen molar-refractivity contribution >= 4 is 22.6 Å². The highest BCUT2D eigenvalue weighted by Gasteiger charge is 2.06. The quantitative estimate of drug-likeness (QED) is 0.336. The molecule has 0 aromatic rings. The van der Waals surface area contributed by atoms with Crippen molar-refractivity contribution in [2.24, 2.45) is 5.92 Å². The van der Waals surface area contributed by atoms with Gasteiger partial charge in [0.2, 0.25) is 0 Å². The summed E-state index contributed by atoms with van der Waals surface area (Å²) in [7, 11) is 0. The fourth-order valence-corrected chi connectivity index (χ4v) is 1.23. The van der Waals surface area contributed by atoms with Gasteiger partial charge in [0, 0.05) is 0 Å². The Kier molecular flexibility index (Phi) is 8.27. The molecule has 0 bridgehead atoms. The van der Waals surface area contributed by atoms with Crippen molar-refractivity contribution in [3.8, 4) is 0 Å². The van der Waals surface area contributed by atoms with Crippen molar-refractivity contribution in [2.45, 2.75) is 25.9 Å². The van der Waals surface area contributed by atoms with Gasteiger partial charge < -0.3 is 9.84 Å². The van der Waals surface area contributed by atoms with E-state index in [4.69, 9.17) is 4.74 Å².